The van der Waals surface area contributed by atoms with Crippen LogP contribution >= 0.6 is 0 Å². The summed E-state index contributed by atoms with van der Waals surface area (Å²) in [5.74, 6) is 1.30. The molecule has 3 heterocycles. The van der Waals surface area contributed by atoms with Gasteiger partial charge in [-0.05, 0) is 75.5 Å². The van der Waals surface area contributed by atoms with Crippen molar-refractivity contribution in [3.05, 3.63) is 59.8 Å². The fraction of sp³-hybridized carbons (Fsp3) is 0.520. The number of likely N-dealkylation sites (tertiary alicyclic amines) is 2. The first-order chi connectivity index (χ1) is 14.5. The third-order valence-corrected chi connectivity index (χ3v) is 6.91. The number of aromatic nitrogens is 1. The maximum absolute atomic E-state index is 14.1. The first-order valence-corrected chi connectivity index (χ1v) is 11.2. The Balaban J connectivity index is 1.62. The lowest BCUT2D eigenvalue weighted by atomic mass is 9.72. The highest BCUT2D eigenvalue weighted by Crippen LogP contribution is 2.42. The van der Waals surface area contributed by atoms with Gasteiger partial charge in [-0.15, -0.1) is 0 Å². The first-order valence-electron chi connectivity index (χ1n) is 11.2. The van der Waals surface area contributed by atoms with Gasteiger partial charge in [-0.3, -0.25) is 4.79 Å². The highest BCUT2D eigenvalue weighted by molar-refractivity contribution is 5.84. The molecule has 2 aliphatic heterocycles. The Kier molecular flexibility index (Phi) is 6.09. The molecule has 5 heteroatoms. The zero-order valence-corrected chi connectivity index (χ0v) is 18.6. The number of carbonyl (C=O) groups is 1. The second kappa shape index (κ2) is 8.76. The minimum absolute atomic E-state index is 0.159. The van der Waals surface area contributed by atoms with E-state index in [4.69, 9.17) is 0 Å². The molecule has 2 fully saturated rings. The number of piperidine rings is 1. The van der Waals surface area contributed by atoms with Crippen molar-refractivity contribution in [3.63, 3.8) is 0 Å². The number of carbonyl (C=O) groups excluding carboxylic acids is 1. The minimum atomic E-state index is -0.298. The highest BCUT2D eigenvalue weighted by Gasteiger charge is 2.45. The average molecular weight is 407 g/mol. The molecule has 0 spiro atoms. The molecule has 30 heavy (non-hydrogen) atoms. The monoisotopic (exact) mass is 406 g/mol. The lowest BCUT2D eigenvalue weighted by Gasteiger charge is -2.43. The molecule has 1 aromatic heterocycles. The number of rotatable bonds is 5. The van der Waals surface area contributed by atoms with Crippen LogP contribution in [-0.4, -0.2) is 61.5 Å². The Labute approximate surface area is 180 Å². The largest absolute Gasteiger partial charge is 0.363 e. The second-order valence-electron chi connectivity index (χ2n) is 9.24. The second-order valence-corrected chi connectivity index (χ2v) is 9.24. The summed E-state index contributed by atoms with van der Waals surface area (Å²) in [4.78, 5) is 25.1. The van der Waals surface area contributed by atoms with Crippen LogP contribution in [0.2, 0.25) is 0 Å². The predicted octanol–water partition coefficient (Wildman–Crippen LogP) is 3.77. The normalized spacial score (nSPS) is 21.6. The third kappa shape index (κ3) is 4.22. The number of hydrogen-bond donors (Lipinski definition) is 0. The van der Waals surface area contributed by atoms with Crippen LogP contribution in [0.15, 0.2) is 48.7 Å². The highest BCUT2D eigenvalue weighted by atomic mass is 16.2. The van der Waals surface area contributed by atoms with Crippen LogP contribution < -0.4 is 4.90 Å². The van der Waals surface area contributed by atoms with Crippen LogP contribution in [0.1, 0.15) is 42.9 Å². The maximum atomic E-state index is 14.1. The summed E-state index contributed by atoms with van der Waals surface area (Å²) in [5, 5.41) is 0. The SMILES string of the molecule is CN1CCC(Cc2ccccc2)(C(=O)N2CCC[C@@H]2c2ccnc(N(C)C)c2)CC1. The molecule has 1 atom stereocenters. The van der Waals surface area contributed by atoms with Gasteiger partial charge in [0.2, 0.25) is 5.91 Å². The molecule has 1 amide bonds. The quantitative estimate of drug-likeness (QED) is 0.758. The summed E-state index contributed by atoms with van der Waals surface area (Å²) >= 11 is 0. The molecule has 1 aromatic carbocycles. The van der Waals surface area contributed by atoms with Gasteiger partial charge in [0.1, 0.15) is 5.82 Å². The van der Waals surface area contributed by atoms with Gasteiger partial charge in [-0.2, -0.15) is 0 Å². The van der Waals surface area contributed by atoms with Gasteiger partial charge in [0.05, 0.1) is 11.5 Å². The van der Waals surface area contributed by atoms with Crippen molar-refractivity contribution in [2.75, 3.05) is 45.7 Å². The van der Waals surface area contributed by atoms with E-state index in [-0.39, 0.29) is 11.5 Å². The molecule has 160 valence electrons. The van der Waals surface area contributed by atoms with Gasteiger partial charge in [0.25, 0.3) is 0 Å². The van der Waals surface area contributed by atoms with E-state index in [1.165, 1.54) is 11.1 Å². The Hall–Kier alpha value is -2.40. The number of hydrogen-bond acceptors (Lipinski definition) is 4. The number of anilines is 1. The van der Waals surface area contributed by atoms with Crippen LogP contribution in [0.5, 0.6) is 0 Å². The first kappa shape index (κ1) is 20.9. The molecule has 2 aliphatic rings. The van der Waals surface area contributed by atoms with E-state index in [1.807, 2.05) is 25.2 Å². The van der Waals surface area contributed by atoms with E-state index in [0.29, 0.717) is 5.91 Å². The molecule has 5 nitrogen and oxygen atoms in total. The number of nitrogens with zero attached hydrogens (tertiary/aromatic N) is 4. The molecule has 0 aliphatic carbocycles. The van der Waals surface area contributed by atoms with Gasteiger partial charge >= 0.3 is 0 Å². The fourth-order valence-corrected chi connectivity index (χ4v) is 5.05. The summed E-state index contributed by atoms with van der Waals surface area (Å²) in [6.45, 7) is 2.82. The van der Waals surface area contributed by atoms with Gasteiger partial charge in [0, 0.05) is 26.8 Å². The van der Waals surface area contributed by atoms with Crippen LogP contribution in [0.25, 0.3) is 0 Å². The maximum Gasteiger partial charge on any atom is 0.229 e. The van der Waals surface area contributed by atoms with E-state index >= 15 is 0 Å². The van der Waals surface area contributed by atoms with Crippen molar-refractivity contribution >= 4 is 11.7 Å². The van der Waals surface area contributed by atoms with Gasteiger partial charge in [0.15, 0.2) is 0 Å². The molecule has 0 saturated carbocycles. The zero-order chi connectivity index (χ0) is 21.1. The van der Waals surface area contributed by atoms with E-state index in [9.17, 15) is 4.79 Å². The molecule has 0 unspecified atom stereocenters. The van der Waals surface area contributed by atoms with E-state index in [0.717, 1.165) is 57.6 Å². The van der Waals surface area contributed by atoms with Gasteiger partial charge in [-0.1, -0.05) is 30.3 Å². The van der Waals surface area contributed by atoms with E-state index < -0.39 is 0 Å². The summed E-state index contributed by atoms with van der Waals surface area (Å²) in [7, 11) is 6.18. The number of amides is 1. The van der Waals surface area contributed by atoms with Crippen molar-refractivity contribution in [1.82, 2.24) is 14.8 Å². The van der Waals surface area contributed by atoms with Crippen molar-refractivity contribution in [1.29, 1.82) is 0 Å². The third-order valence-electron chi connectivity index (χ3n) is 6.91. The molecule has 0 N–H and O–H groups in total. The van der Waals surface area contributed by atoms with Crippen LogP contribution in [0.3, 0.4) is 0 Å². The molecule has 2 aromatic rings. The summed E-state index contributed by atoms with van der Waals surface area (Å²) < 4.78 is 0. The fourth-order valence-electron chi connectivity index (χ4n) is 5.05. The number of benzene rings is 1. The van der Waals surface area contributed by atoms with Crippen molar-refractivity contribution in [2.45, 2.75) is 38.1 Å². The average Bonchev–Trinajstić information content (AvgIpc) is 3.25. The van der Waals surface area contributed by atoms with Crippen LogP contribution in [-0.2, 0) is 11.2 Å². The zero-order valence-electron chi connectivity index (χ0n) is 18.6. The lowest BCUT2D eigenvalue weighted by molar-refractivity contribution is -0.146. The topological polar surface area (TPSA) is 39.7 Å². The lowest BCUT2D eigenvalue weighted by Crippen LogP contribution is -2.50. The summed E-state index contributed by atoms with van der Waals surface area (Å²) in [5.41, 5.74) is 2.18. The Morgan fingerprint density at radius 3 is 2.57 bits per heavy atom. The summed E-state index contributed by atoms with van der Waals surface area (Å²) in [6, 6.07) is 14.9. The molecule has 0 bridgehead atoms. The van der Waals surface area contributed by atoms with E-state index in [2.05, 4.69) is 64.3 Å². The van der Waals surface area contributed by atoms with Crippen LogP contribution in [0.4, 0.5) is 5.82 Å². The molecule has 2 saturated heterocycles. The summed E-state index contributed by atoms with van der Waals surface area (Å²) in [6.07, 6.45) is 6.67. The molecule has 4 rings (SSSR count). The number of pyridine rings is 1. The Morgan fingerprint density at radius 2 is 1.87 bits per heavy atom. The van der Waals surface area contributed by atoms with E-state index in [1.54, 1.807) is 0 Å². The van der Waals surface area contributed by atoms with Gasteiger partial charge < -0.3 is 14.7 Å². The smallest absolute Gasteiger partial charge is 0.229 e. The van der Waals surface area contributed by atoms with Crippen LogP contribution in [0, 0.1) is 5.41 Å². The Bertz CT molecular complexity index is 858. The molecule has 0 radical (unpaired) electrons. The molecular formula is C25H34N4O. The van der Waals surface area contributed by atoms with Crippen molar-refractivity contribution in [2.24, 2.45) is 5.41 Å². The minimum Gasteiger partial charge on any atom is -0.363 e. The predicted molar refractivity (Wildman–Crippen MR) is 122 cm³/mol. The van der Waals surface area contributed by atoms with Crippen molar-refractivity contribution in [3.8, 4) is 0 Å². The van der Waals surface area contributed by atoms with Gasteiger partial charge in [-0.25, -0.2) is 4.98 Å². The Morgan fingerprint density at radius 1 is 1.13 bits per heavy atom. The van der Waals surface area contributed by atoms with Crippen molar-refractivity contribution < 1.29 is 4.79 Å². The standard InChI is InChI=1S/C25H34N4O/c1-27(2)23-18-21(11-14-26-23)22-10-7-15-29(22)24(30)25(12-16-28(3)17-13-25)19-20-8-5-4-6-9-20/h4-6,8-9,11,14,18,22H,7,10,12-13,15-17,19H2,1-3H3/t22-/m1/s1. The molecular weight excluding hydrogens is 372 g/mol.